The molecule has 2 rings (SSSR count). The number of carbonyl (C=O) groups is 1. The molecule has 0 aromatic heterocycles. The molecule has 7 heteroatoms. The van der Waals surface area contributed by atoms with Crippen LogP contribution < -0.4 is 5.32 Å². The van der Waals surface area contributed by atoms with Crippen molar-refractivity contribution in [3.05, 3.63) is 30.3 Å². The van der Waals surface area contributed by atoms with Crippen molar-refractivity contribution in [2.45, 2.75) is 121 Å². The molecule has 0 spiro atoms. The fourth-order valence-corrected chi connectivity index (χ4v) is 6.65. The number of nitrogens with zero attached hydrogens (tertiary/aromatic N) is 2. The van der Waals surface area contributed by atoms with Gasteiger partial charge in [0.1, 0.15) is 0 Å². The van der Waals surface area contributed by atoms with Crippen molar-refractivity contribution in [3.8, 4) is 0 Å². The van der Waals surface area contributed by atoms with E-state index in [0.717, 1.165) is 38.9 Å². The molecule has 1 amide bonds. The molecule has 0 unspecified atom stereocenters. The highest BCUT2D eigenvalue weighted by Crippen LogP contribution is 2.17. The third-order valence-electron chi connectivity index (χ3n) is 7.69. The number of hydrogen-bond donors (Lipinski definition) is 1. The van der Waals surface area contributed by atoms with E-state index in [1.54, 1.807) is 28.6 Å². The Hall–Kier alpha value is -1.44. The Morgan fingerprint density at radius 2 is 1.21 bits per heavy atom. The van der Waals surface area contributed by atoms with E-state index in [9.17, 15) is 13.2 Å². The first-order valence-corrected chi connectivity index (χ1v) is 17.0. The number of amides is 1. The maximum Gasteiger partial charge on any atom is 0.243 e. The average molecular weight is 550 g/mol. The summed E-state index contributed by atoms with van der Waals surface area (Å²) >= 11 is 0. The van der Waals surface area contributed by atoms with Crippen LogP contribution in [0.25, 0.3) is 0 Å². The summed E-state index contributed by atoms with van der Waals surface area (Å²) in [5.41, 5.74) is 0. The Balaban J connectivity index is 1.36. The molecular formula is C31H55N3O3S. The minimum Gasteiger partial charge on any atom is -0.356 e. The van der Waals surface area contributed by atoms with Gasteiger partial charge in [-0.15, -0.1) is 0 Å². The van der Waals surface area contributed by atoms with Crippen molar-refractivity contribution in [3.63, 3.8) is 0 Å². The maximum absolute atomic E-state index is 12.7. The lowest BCUT2D eigenvalue weighted by atomic mass is 10.0. The van der Waals surface area contributed by atoms with Gasteiger partial charge in [0.05, 0.1) is 4.90 Å². The first-order chi connectivity index (χ1) is 18.5. The van der Waals surface area contributed by atoms with Gasteiger partial charge >= 0.3 is 0 Å². The number of benzene rings is 1. The molecule has 38 heavy (non-hydrogen) atoms. The molecule has 0 saturated carbocycles. The number of nitrogens with one attached hydrogen (secondary N) is 1. The molecule has 218 valence electrons. The average Bonchev–Trinajstić information content (AvgIpc) is 2.94. The van der Waals surface area contributed by atoms with E-state index in [4.69, 9.17) is 0 Å². The van der Waals surface area contributed by atoms with Crippen LogP contribution in [0.15, 0.2) is 35.2 Å². The second-order valence-corrected chi connectivity index (χ2v) is 12.9. The van der Waals surface area contributed by atoms with Gasteiger partial charge in [0.15, 0.2) is 0 Å². The lowest BCUT2D eigenvalue weighted by Crippen LogP contribution is -2.49. The summed E-state index contributed by atoms with van der Waals surface area (Å²) in [4.78, 5) is 14.8. The monoisotopic (exact) mass is 549 g/mol. The summed E-state index contributed by atoms with van der Waals surface area (Å²) < 4.78 is 27.1. The lowest BCUT2D eigenvalue weighted by molar-refractivity contribution is -0.121. The van der Waals surface area contributed by atoms with E-state index in [1.165, 1.54) is 83.5 Å². The quantitative estimate of drug-likeness (QED) is 0.162. The third-order valence-corrected chi connectivity index (χ3v) is 9.61. The van der Waals surface area contributed by atoms with Crippen molar-refractivity contribution in [1.82, 2.24) is 14.5 Å². The molecule has 0 atom stereocenters. The van der Waals surface area contributed by atoms with Gasteiger partial charge in [-0.3, -0.25) is 4.79 Å². The van der Waals surface area contributed by atoms with Crippen LogP contribution in [0.3, 0.4) is 0 Å². The van der Waals surface area contributed by atoms with Gasteiger partial charge < -0.3 is 10.2 Å². The first kappa shape index (κ1) is 32.8. The number of unbranched alkanes of at least 4 members (excludes halogenated alkanes) is 14. The van der Waals surface area contributed by atoms with Gasteiger partial charge in [0.2, 0.25) is 15.9 Å². The van der Waals surface area contributed by atoms with Crippen LogP contribution in [0.5, 0.6) is 0 Å². The van der Waals surface area contributed by atoms with Crippen molar-refractivity contribution < 1.29 is 13.2 Å². The van der Waals surface area contributed by atoms with Gasteiger partial charge in [0.25, 0.3) is 0 Å². The normalized spacial score (nSPS) is 15.1. The zero-order valence-electron chi connectivity index (χ0n) is 24.2. The SMILES string of the molecule is CCCCCCCCCCCCCCCCCC(=O)NCCCN1CCN(S(=O)(=O)c2ccccc2)CC1. The van der Waals surface area contributed by atoms with Crippen LogP contribution in [0, 0.1) is 0 Å². The fourth-order valence-electron chi connectivity index (χ4n) is 5.21. The first-order valence-electron chi connectivity index (χ1n) is 15.6. The Bertz CT molecular complexity index is 824. The Morgan fingerprint density at radius 3 is 1.74 bits per heavy atom. The van der Waals surface area contributed by atoms with E-state index >= 15 is 0 Å². The Morgan fingerprint density at radius 1 is 0.711 bits per heavy atom. The van der Waals surface area contributed by atoms with Crippen LogP contribution in [0.2, 0.25) is 0 Å². The van der Waals surface area contributed by atoms with Gasteiger partial charge in [-0.25, -0.2) is 8.42 Å². The van der Waals surface area contributed by atoms with E-state index in [0.29, 0.717) is 31.0 Å². The summed E-state index contributed by atoms with van der Waals surface area (Å²) in [6.45, 7) is 6.36. The third kappa shape index (κ3) is 14.1. The molecule has 1 N–H and O–H groups in total. The Labute approximate surface area is 234 Å². The topological polar surface area (TPSA) is 69.7 Å². The molecule has 1 saturated heterocycles. The molecule has 1 aliphatic heterocycles. The molecule has 1 aromatic rings. The zero-order chi connectivity index (χ0) is 27.3. The number of hydrogen-bond acceptors (Lipinski definition) is 4. The molecule has 1 aliphatic rings. The number of piperazine rings is 1. The van der Waals surface area contributed by atoms with Crippen LogP contribution in [0.4, 0.5) is 0 Å². The number of sulfonamides is 1. The number of rotatable bonds is 22. The molecule has 6 nitrogen and oxygen atoms in total. The summed E-state index contributed by atoms with van der Waals surface area (Å²) in [7, 11) is -3.40. The maximum atomic E-state index is 12.7. The standard InChI is InChI=1S/C31H55N3O3S/c1-2-3-4-5-6-7-8-9-10-11-12-13-14-15-19-23-31(35)32-24-20-25-33-26-28-34(29-27-33)38(36,37)30-21-17-16-18-22-30/h16-18,21-22H,2-15,19-20,23-29H2,1H3,(H,32,35). The number of carbonyl (C=O) groups excluding carboxylic acids is 1. The van der Waals surface area contributed by atoms with E-state index in [2.05, 4.69) is 17.1 Å². The zero-order valence-corrected chi connectivity index (χ0v) is 25.0. The lowest BCUT2D eigenvalue weighted by Gasteiger charge is -2.34. The van der Waals surface area contributed by atoms with Crippen molar-refractivity contribution in [1.29, 1.82) is 0 Å². The van der Waals surface area contributed by atoms with Gasteiger partial charge in [0, 0.05) is 39.1 Å². The molecule has 1 heterocycles. The summed E-state index contributed by atoms with van der Waals surface area (Å²) in [6, 6.07) is 8.67. The smallest absolute Gasteiger partial charge is 0.243 e. The molecule has 0 aliphatic carbocycles. The predicted octanol–water partition coefficient (Wildman–Crippen LogP) is 6.76. The molecular weight excluding hydrogens is 494 g/mol. The van der Waals surface area contributed by atoms with E-state index in [1.807, 2.05) is 6.07 Å². The van der Waals surface area contributed by atoms with Crippen molar-refractivity contribution in [2.75, 3.05) is 39.3 Å². The second kappa shape index (κ2) is 20.5. The van der Waals surface area contributed by atoms with Crippen molar-refractivity contribution in [2.24, 2.45) is 0 Å². The summed E-state index contributed by atoms with van der Waals surface area (Å²) in [5, 5.41) is 3.05. The molecule has 1 aromatic carbocycles. The van der Waals surface area contributed by atoms with Gasteiger partial charge in [-0.1, -0.05) is 115 Å². The highest BCUT2D eigenvalue weighted by molar-refractivity contribution is 7.89. The molecule has 0 bridgehead atoms. The van der Waals surface area contributed by atoms with Crippen molar-refractivity contribution >= 4 is 15.9 Å². The molecule has 1 fully saturated rings. The Kier molecular flexibility index (Phi) is 17.6. The minimum atomic E-state index is -3.40. The van der Waals surface area contributed by atoms with E-state index in [-0.39, 0.29) is 5.91 Å². The van der Waals surface area contributed by atoms with E-state index < -0.39 is 10.0 Å². The van der Waals surface area contributed by atoms with Crippen LogP contribution >= 0.6 is 0 Å². The summed E-state index contributed by atoms with van der Waals surface area (Å²) in [6.07, 6.45) is 21.6. The summed E-state index contributed by atoms with van der Waals surface area (Å²) in [5.74, 6) is 0.165. The minimum absolute atomic E-state index is 0.165. The largest absolute Gasteiger partial charge is 0.356 e. The highest BCUT2D eigenvalue weighted by atomic mass is 32.2. The second-order valence-electron chi connectivity index (χ2n) is 11.0. The van der Waals surface area contributed by atoms with Gasteiger partial charge in [-0.2, -0.15) is 4.31 Å². The van der Waals surface area contributed by atoms with Crippen LogP contribution in [0.1, 0.15) is 116 Å². The highest BCUT2D eigenvalue weighted by Gasteiger charge is 2.27. The fraction of sp³-hybridized carbons (Fsp3) is 0.774. The van der Waals surface area contributed by atoms with Gasteiger partial charge in [-0.05, 0) is 31.5 Å². The van der Waals surface area contributed by atoms with Crippen LogP contribution in [-0.2, 0) is 14.8 Å². The molecule has 0 radical (unpaired) electrons. The van der Waals surface area contributed by atoms with Crippen LogP contribution in [-0.4, -0.2) is 62.8 Å². The predicted molar refractivity (Wildman–Crippen MR) is 159 cm³/mol.